The lowest BCUT2D eigenvalue weighted by molar-refractivity contribution is 0.0273. The summed E-state index contributed by atoms with van der Waals surface area (Å²) in [7, 11) is -0.957. The van der Waals surface area contributed by atoms with Crippen molar-refractivity contribution in [2.24, 2.45) is 0 Å². The van der Waals surface area contributed by atoms with Gasteiger partial charge >= 0.3 is 12.2 Å². The molecular weight excluding hydrogens is 886 g/mol. The van der Waals surface area contributed by atoms with Crippen LogP contribution in [0.3, 0.4) is 0 Å². The number of sulfone groups is 1. The van der Waals surface area contributed by atoms with Gasteiger partial charge in [-0.1, -0.05) is 35.0 Å². The van der Waals surface area contributed by atoms with E-state index in [1.165, 1.54) is 83.5 Å². The lowest BCUT2D eigenvalue weighted by Gasteiger charge is -2.24. The molecule has 0 bridgehead atoms. The Hall–Kier alpha value is -5.56. The second-order valence-corrected chi connectivity index (χ2v) is 19.4. The monoisotopic (exact) mass is 928 g/mol. The number of hydrogen-bond acceptors (Lipinski definition) is 11. The van der Waals surface area contributed by atoms with E-state index in [-0.39, 0.29) is 39.4 Å². The van der Waals surface area contributed by atoms with Gasteiger partial charge in [0.25, 0.3) is 0 Å². The van der Waals surface area contributed by atoms with Gasteiger partial charge in [0.15, 0.2) is 5.03 Å². The normalized spacial score (nSPS) is 11.7. The molecule has 6 aromatic rings. The molecule has 4 heterocycles. The molecule has 0 radical (unpaired) electrons. The van der Waals surface area contributed by atoms with Gasteiger partial charge in [0.2, 0.25) is 9.84 Å². The van der Waals surface area contributed by atoms with Crippen molar-refractivity contribution in [3.8, 4) is 11.4 Å². The predicted molar refractivity (Wildman–Crippen MR) is 231 cm³/mol. The number of carbonyl (C=O) groups is 2. The summed E-state index contributed by atoms with van der Waals surface area (Å²) in [6, 6.07) is 17.4. The van der Waals surface area contributed by atoms with Gasteiger partial charge in [0.1, 0.15) is 27.9 Å². The molecule has 2 aromatic carbocycles. The molecule has 14 nitrogen and oxygen atoms in total. The van der Waals surface area contributed by atoms with Crippen LogP contribution in [-0.4, -0.2) is 85.2 Å². The van der Waals surface area contributed by atoms with Crippen molar-refractivity contribution in [3.05, 3.63) is 131 Å². The molecule has 20 heteroatoms. The second-order valence-electron chi connectivity index (χ2n) is 15.6. The van der Waals surface area contributed by atoms with Gasteiger partial charge in [-0.15, -0.1) is 0 Å². The number of carbonyl (C=O) groups excluding carboxylic acids is 2. The lowest BCUT2D eigenvalue weighted by atomic mass is 10.2. The molecule has 0 fully saturated rings. The first kappa shape index (κ1) is 47.5. The number of amides is 2. The number of rotatable bonds is 10. The predicted octanol–water partition coefficient (Wildman–Crippen LogP) is 9.84. The molecule has 0 aliphatic heterocycles. The Labute approximate surface area is 372 Å². The van der Waals surface area contributed by atoms with Crippen LogP contribution in [0.2, 0.25) is 10.0 Å². The summed E-state index contributed by atoms with van der Waals surface area (Å²) in [4.78, 5) is 36.1. The molecule has 0 atom stereocenters. The molecule has 0 N–H and O–H groups in total. The van der Waals surface area contributed by atoms with Gasteiger partial charge in [-0.2, -0.15) is 10.2 Å². The fourth-order valence-electron chi connectivity index (χ4n) is 5.33. The van der Waals surface area contributed by atoms with E-state index in [4.69, 9.17) is 32.7 Å². The van der Waals surface area contributed by atoms with Crippen LogP contribution in [0.1, 0.15) is 52.9 Å². The van der Waals surface area contributed by atoms with Crippen LogP contribution in [-0.2, 0) is 32.4 Å². The third-order valence-corrected chi connectivity index (χ3v) is 11.3. The Morgan fingerprint density at radius 1 is 0.710 bits per heavy atom. The Kier molecular flexibility index (Phi) is 15.1. The molecule has 0 aliphatic rings. The number of halogens is 4. The summed E-state index contributed by atoms with van der Waals surface area (Å²) in [6.07, 6.45) is 5.00. The average molecular weight is 930 g/mol. The topological polar surface area (TPSA) is 155 Å². The van der Waals surface area contributed by atoms with Crippen molar-refractivity contribution < 1.29 is 36.3 Å². The van der Waals surface area contributed by atoms with Gasteiger partial charge in [-0.3, -0.25) is 9.97 Å². The summed E-state index contributed by atoms with van der Waals surface area (Å²) >= 11 is 13.9. The van der Waals surface area contributed by atoms with E-state index in [2.05, 4.69) is 20.2 Å². The minimum absolute atomic E-state index is 0.0419. The van der Waals surface area contributed by atoms with Crippen molar-refractivity contribution >= 4 is 57.0 Å². The third-order valence-electron chi connectivity index (χ3n) is 8.01. The Bertz CT molecular complexity index is 2640. The number of hydrogen-bond donors (Lipinski definition) is 0. The van der Waals surface area contributed by atoms with Crippen LogP contribution < -0.4 is 0 Å². The lowest BCUT2D eigenvalue weighted by Crippen LogP contribution is -2.33. The Balaban J connectivity index is 0.000000235. The van der Waals surface area contributed by atoms with Crippen LogP contribution in [0.25, 0.3) is 11.4 Å². The number of benzene rings is 2. The maximum Gasteiger partial charge on any atom is 0.410 e. The van der Waals surface area contributed by atoms with E-state index in [1.54, 1.807) is 44.9 Å². The third kappa shape index (κ3) is 12.7. The van der Waals surface area contributed by atoms with Gasteiger partial charge in [-0.25, -0.2) is 36.2 Å². The van der Waals surface area contributed by atoms with Crippen molar-refractivity contribution in [3.63, 3.8) is 0 Å². The number of aromatic nitrogens is 6. The fourth-order valence-corrected chi connectivity index (χ4v) is 8.00. The fraction of sp³-hybridized carbons (Fsp3) is 0.286. The Morgan fingerprint density at radius 2 is 1.19 bits per heavy atom. The highest BCUT2D eigenvalue weighted by molar-refractivity contribution is 7.99. The molecule has 0 spiro atoms. The highest BCUT2D eigenvalue weighted by atomic mass is 35.5. The van der Waals surface area contributed by atoms with Crippen LogP contribution in [0, 0.1) is 11.6 Å². The molecule has 328 valence electrons. The summed E-state index contributed by atoms with van der Waals surface area (Å²) in [5, 5.41) is 9.81. The van der Waals surface area contributed by atoms with Crippen LogP contribution in [0.15, 0.2) is 117 Å². The quantitative estimate of drug-likeness (QED) is 0.129. The smallest absolute Gasteiger partial charge is 0.410 e. The van der Waals surface area contributed by atoms with E-state index < -0.39 is 44.9 Å². The summed E-state index contributed by atoms with van der Waals surface area (Å²) in [5.41, 5.74) is 0.00109. The highest BCUT2D eigenvalue weighted by Gasteiger charge is 2.28. The molecule has 0 aliphatic carbocycles. The molecule has 4 aromatic heterocycles. The average Bonchev–Trinajstić information content (AvgIpc) is 3.80. The largest absolute Gasteiger partial charge is 0.444 e. The van der Waals surface area contributed by atoms with E-state index >= 15 is 0 Å². The maximum absolute atomic E-state index is 13.9. The summed E-state index contributed by atoms with van der Waals surface area (Å²) in [5.74, 6) is -1.04. The zero-order valence-electron chi connectivity index (χ0n) is 35.0. The zero-order chi connectivity index (χ0) is 45.6. The van der Waals surface area contributed by atoms with Gasteiger partial charge in [0.05, 0.1) is 50.8 Å². The van der Waals surface area contributed by atoms with Crippen LogP contribution >= 0.6 is 35.0 Å². The minimum Gasteiger partial charge on any atom is -0.444 e. The first-order valence-corrected chi connectivity index (χ1v) is 21.8. The SMILES string of the molecule is CN(Cc1cc(S(=O)(=O)c2cccnc2)n(-c2cc(F)ccc2Cl)n1)C(=O)OC(C)(C)C.CN(Cc1cc(Sc2cccnc2)n(-c2cc(F)ccc2Cl)n1)C(=O)OC(C)(C)C. The molecule has 0 saturated heterocycles. The first-order chi connectivity index (χ1) is 29.0. The van der Waals surface area contributed by atoms with Crippen molar-refractivity contribution in [1.29, 1.82) is 0 Å². The maximum atomic E-state index is 13.9. The minimum atomic E-state index is -4.09. The van der Waals surface area contributed by atoms with E-state index in [9.17, 15) is 26.8 Å². The summed E-state index contributed by atoms with van der Waals surface area (Å²) in [6.45, 7) is 10.8. The van der Waals surface area contributed by atoms with Crippen molar-refractivity contribution in [2.75, 3.05) is 14.1 Å². The standard InChI is InChI=1S/C21H22ClFN4O4S.C21H22ClFN4O2S/c1-21(2,3)31-20(28)26(4)13-15-11-19(32(29,30)16-6-5-9-24-12-16)27(25-15)18-10-14(23)7-8-17(18)22;1-21(2,3)29-20(28)26(4)13-15-11-19(30-16-6-5-9-24-12-16)27(25-15)18-10-14(23)7-8-17(18)22/h5-12H,13H2,1-4H3;5-12H,13H2,1-4H3. The Morgan fingerprint density at radius 3 is 1.68 bits per heavy atom. The molecule has 0 unspecified atom stereocenters. The van der Waals surface area contributed by atoms with Crippen LogP contribution in [0.4, 0.5) is 18.4 Å². The number of nitrogens with zero attached hydrogens (tertiary/aromatic N) is 8. The van der Waals surface area contributed by atoms with Crippen LogP contribution in [0.5, 0.6) is 0 Å². The van der Waals surface area contributed by atoms with Crippen molar-refractivity contribution in [1.82, 2.24) is 39.3 Å². The molecule has 62 heavy (non-hydrogen) atoms. The van der Waals surface area contributed by atoms with E-state index in [0.717, 1.165) is 21.7 Å². The highest BCUT2D eigenvalue weighted by Crippen LogP contribution is 2.33. The van der Waals surface area contributed by atoms with Gasteiger partial charge in [-0.05, 0) is 96.1 Å². The summed E-state index contributed by atoms with van der Waals surface area (Å²) < 4.78 is 67.8. The van der Waals surface area contributed by atoms with Crippen molar-refractivity contribution in [2.45, 2.75) is 85.7 Å². The van der Waals surface area contributed by atoms with E-state index in [1.807, 2.05) is 39.0 Å². The number of ether oxygens (including phenoxy) is 2. The van der Waals surface area contributed by atoms with Gasteiger partial charge in [0, 0.05) is 62.0 Å². The number of pyridine rings is 2. The molecular formula is C42H44Cl2F2N8O6S2. The first-order valence-electron chi connectivity index (χ1n) is 18.7. The molecule has 2 amide bonds. The second kappa shape index (κ2) is 19.7. The molecule has 0 saturated carbocycles. The van der Waals surface area contributed by atoms with E-state index in [0.29, 0.717) is 21.4 Å². The zero-order valence-corrected chi connectivity index (χ0v) is 38.2. The van der Waals surface area contributed by atoms with Gasteiger partial charge < -0.3 is 19.3 Å². The molecule has 6 rings (SSSR count).